The zero-order valence-electron chi connectivity index (χ0n) is 6.90. The van der Waals surface area contributed by atoms with E-state index < -0.39 is 0 Å². The van der Waals surface area contributed by atoms with Gasteiger partial charge in [-0.3, -0.25) is 0 Å². The van der Waals surface area contributed by atoms with Crippen molar-refractivity contribution in [3.8, 4) is 0 Å². The molecule has 1 atom stereocenters. The maximum atomic E-state index is 3.78. The summed E-state index contributed by atoms with van der Waals surface area (Å²) < 4.78 is 2.46. The minimum absolute atomic E-state index is 0.540. The maximum absolute atomic E-state index is 3.78. The lowest BCUT2D eigenvalue weighted by Gasteiger charge is -2.30. The summed E-state index contributed by atoms with van der Waals surface area (Å²) in [7, 11) is 0. The fraction of sp³-hybridized carbons (Fsp3) is 0.556. The Morgan fingerprint density at radius 1 is 1.38 bits per heavy atom. The highest BCUT2D eigenvalue weighted by Crippen LogP contribution is 2.47. The third kappa shape index (κ3) is 2.21. The topological polar surface area (TPSA) is 0 Å². The quantitative estimate of drug-likeness (QED) is 0.586. The molecule has 0 amide bonds. The molecule has 1 aromatic rings. The van der Waals surface area contributed by atoms with Gasteiger partial charge in [-0.05, 0) is 62.2 Å². The molecule has 0 saturated heterocycles. The molecule has 0 aliphatic heterocycles. The van der Waals surface area contributed by atoms with E-state index in [1.807, 2.05) is 0 Å². The Morgan fingerprint density at radius 3 is 2.46 bits per heavy atom. The Balaban J connectivity index is 2.18. The normalized spacial score (nSPS) is 19.9. The Labute approximate surface area is 107 Å². The van der Waals surface area contributed by atoms with E-state index in [4.69, 9.17) is 0 Å². The highest BCUT2D eigenvalue weighted by Gasteiger charge is 2.28. The third-order valence-corrected chi connectivity index (χ3v) is 6.17. The smallest absolute Gasteiger partial charge is 0.0753 e. The van der Waals surface area contributed by atoms with Crippen LogP contribution >= 0.6 is 59.1 Å². The molecular formula is C9H9Br3S. The van der Waals surface area contributed by atoms with Gasteiger partial charge in [0.15, 0.2) is 0 Å². The van der Waals surface area contributed by atoms with Gasteiger partial charge in [-0.15, -0.1) is 11.3 Å². The van der Waals surface area contributed by atoms with Crippen LogP contribution in [0.3, 0.4) is 0 Å². The maximum Gasteiger partial charge on any atom is 0.0753 e. The Morgan fingerprint density at radius 2 is 2.08 bits per heavy atom. The van der Waals surface area contributed by atoms with Crippen molar-refractivity contribution in [3.05, 3.63) is 19.2 Å². The van der Waals surface area contributed by atoms with Crippen LogP contribution in [-0.4, -0.2) is 0 Å². The molecule has 1 aliphatic carbocycles. The first-order chi connectivity index (χ1) is 6.18. The van der Waals surface area contributed by atoms with Crippen molar-refractivity contribution in [3.63, 3.8) is 0 Å². The monoisotopic (exact) mass is 386 g/mol. The van der Waals surface area contributed by atoms with Gasteiger partial charge in [-0.25, -0.2) is 0 Å². The summed E-state index contributed by atoms with van der Waals surface area (Å²) in [6.07, 6.45) is 4.14. The predicted octanol–water partition coefficient (Wildman–Crippen LogP) is 5.51. The molecule has 0 spiro atoms. The molecule has 1 aromatic heterocycles. The molecule has 0 nitrogen and oxygen atoms in total. The summed E-state index contributed by atoms with van der Waals surface area (Å²) in [6, 6.07) is 2.21. The highest BCUT2D eigenvalue weighted by molar-refractivity contribution is 9.12. The molecular weight excluding hydrogens is 380 g/mol. The van der Waals surface area contributed by atoms with Crippen LogP contribution in [0.4, 0.5) is 0 Å². The zero-order chi connectivity index (χ0) is 9.42. The Hall–Kier alpha value is 1.14. The van der Waals surface area contributed by atoms with Crippen LogP contribution in [0.2, 0.25) is 0 Å². The molecule has 1 unspecified atom stereocenters. The van der Waals surface area contributed by atoms with Crippen molar-refractivity contribution in [2.45, 2.75) is 24.1 Å². The molecule has 0 bridgehead atoms. The summed E-state index contributed by atoms with van der Waals surface area (Å²) in [5.74, 6) is 0.845. The van der Waals surface area contributed by atoms with Crippen LogP contribution in [0.1, 0.15) is 29.7 Å². The summed E-state index contributed by atoms with van der Waals surface area (Å²) >= 11 is 12.6. The van der Waals surface area contributed by atoms with Crippen LogP contribution in [0.25, 0.3) is 0 Å². The third-order valence-electron chi connectivity index (χ3n) is 2.54. The average molecular weight is 389 g/mol. The van der Waals surface area contributed by atoms with Crippen LogP contribution in [0.5, 0.6) is 0 Å². The van der Waals surface area contributed by atoms with Gasteiger partial charge in [0.05, 0.1) is 7.57 Å². The van der Waals surface area contributed by atoms with E-state index in [-0.39, 0.29) is 0 Å². The lowest BCUT2D eigenvalue weighted by Crippen LogP contribution is -2.15. The van der Waals surface area contributed by atoms with E-state index in [0.717, 1.165) is 5.92 Å². The number of hydrogen-bond donors (Lipinski definition) is 0. The van der Waals surface area contributed by atoms with Crippen LogP contribution in [-0.2, 0) is 0 Å². The fourth-order valence-electron chi connectivity index (χ4n) is 1.53. The second-order valence-electron chi connectivity index (χ2n) is 3.37. The second-order valence-corrected chi connectivity index (χ2v) is 8.11. The molecule has 0 aromatic carbocycles. The van der Waals surface area contributed by atoms with Gasteiger partial charge in [0, 0.05) is 4.83 Å². The summed E-state index contributed by atoms with van der Waals surface area (Å²) in [5, 5.41) is 0. The first-order valence-corrected chi connectivity index (χ1v) is 7.59. The first-order valence-electron chi connectivity index (χ1n) is 4.27. The molecule has 2 rings (SSSR count). The van der Waals surface area contributed by atoms with Gasteiger partial charge in [-0.2, -0.15) is 0 Å². The lowest BCUT2D eigenvalue weighted by atomic mass is 9.81. The molecule has 72 valence electrons. The van der Waals surface area contributed by atoms with Crippen molar-refractivity contribution in [1.82, 2.24) is 0 Å². The van der Waals surface area contributed by atoms with E-state index in [2.05, 4.69) is 53.9 Å². The van der Waals surface area contributed by atoms with E-state index in [1.165, 1.54) is 32.4 Å². The number of rotatable bonds is 2. The molecule has 1 fully saturated rings. The Bertz CT molecular complexity index is 304. The standard InChI is InChI=1S/C9H9Br3S/c10-7-4-6(9(12)13-7)8(11)5-2-1-3-5/h4-5,8H,1-3H2. The van der Waals surface area contributed by atoms with Crippen LogP contribution in [0, 0.1) is 5.92 Å². The largest absolute Gasteiger partial charge is 0.121 e. The minimum Gasteiger partial charge on any atom is -0.121 e. The lowest BCUT2D eigenvalue weighted by molar-refractivity contribution is 0.312. The summed E-state index contributed by atoms with van der Waals surface area (Å²) in [5.41, 5.74) is 1.40. The van der Waals surface area contributed by atoms with Gasteiger partial charge in [0.25, 0.3) is 0 Å². The molecule has 0 radical (unpaired) electrons. The van der Waals surface area contributed by atoms with Crippen molar-refractivity contribution >= 4 is 59.1 Å². The van der Waals surface area contributed by atoms with Crippen molar-refractivity contribution in [1.29, 1.82) is 0 Å². The fourth-order valence-corrected chi connectivity index (χ4v) is 5.80. The molecule has 0 N–H and O–H groups in total. The minimum atomic E-state index is 0.540. The highest BCUT2D eigenvalue weighted by atomic mass is 79.9. The molecule has 1 aliphatic rings. The van der Waals surface area contributed by atoms with Crippen molar-refractivity contribution < 1.29 is 0 Å². The molecule has 1 saturated carbocycles. The summed E-state index contributed by atoms with van der Waals surface area (Å²) in [4.78, 5) is 0.540. The van der Waals surface area contributed by atoms with Gasteiger partial charge >= 0.3 is 0 Å². The summed E-state index contributed by atoms with van der Waals surface area (Å²) in [6.45, 7) is 0. The average Bonchev–Trinajstić information content (AvgIpc) is 2.26. The number of halogens is 3. The number of alkyl halides is 1. The van der Waals surface area contributed by atoms with Crippen molar-refractivity contribution in [2.24, 2.45) is 5.92 Å². The van der Waals surface area contributed by atoms with Crippen LogP contribution in [0.15, 0.2) is 13.6 Å². The number of thiophene rings is 1. The molecule has 13 heavy (non-hydrogen) atoms. The first kappa shape index (κ1) is 10.7. The van der Waals surface area contributed by atoms with Crippen molar-refractivity contribution in [2.75, 3.05) is 0 Å². The second kappa shape index (κ2) is 4.33. The molecule has 1 heterocycles. The van der Waals surface area contributed by atoms with E-state index in [0.29, 0.717) is 4.83 Å². The van der Waals surface area contributed by atoms with Crippen LogP contribution < -0.4 is 0 Å². The van der Waals surface area contributed by atoms with E-state index in [1.54, 1.807) is 11.3 Å². The Kier molecular flexibility index (Phi) is 3.55. The number of hydrogen-bond acceptors (Lipinski definition) is 1. The van der Waals surface area contributed by atoms with E-state index >= 15 is 0 Å². The van der Waals surface area contributed by atoms with Gasteiger partial charge < -0.3 is 0 Å². The zero-order valence-corrected chi connectivity index (χ0v) is 12.5. The predicted molar refractivity (Wildman–Crippen MR) is 68.7 cm³/mol. The van der Waals surface area contributed by atoms with E-state index in [9.17, 15) is 0 Å². The van der Waals surface area contributed by atoms with Gasteiger partial charge in [-0.1, -0.05) is 22.4 Å². The van der Waals surface area contributed by atoms with Gasteiger partial charge in [0.2, 0.25) is 0 Å². The SMILES string of the molecule is Brc1cc(C(Br)C2CCC2)c(Br)s1. The molecule has 4 heteroatoms. The van der Waals surface area contributed by atoms with Gasteiger partial charge in [0.1, 0.15) is 0 Å².